The lowest BCUT2D eigenvalue weighted by Gasteiger charge is -2.39. The molecule has 5 nitrogen and oxygen atoms in total. The van der Waals surface area contributed by atoms with Gasteiger partial charge in [0.2, 0.25) is 0 Å². The number of furan rings is 1. The highest BCUT2D eigenvalue weighted by molar-refractivity contribution is 6.13. The second kappa shape index (κ2) is 14.4. The van der Waals surface area contributed by atoms with E-state index in [1.807, 2.05) is 12.1 Å². The standard InChI is InChI=1S/C64H38N4O/c1-2-16-39(17-3-1)40-32-34-41(35-33-40)43-18-4-5-22-50(43)62-65-61(66-63(67-62)51-25-14-24-49-47-21-8-13-31-58(47)69-60(49)51)42-36-37-45-44-19-6-9-26-52(44)64(55(45)38-42)53-27-10-12-30-57(53)68-56-29-11-7-20-46(56)48-23-15-28-54(64)59(48)68/h1-38H. The van der Waals surface area contributed by atoms with Crippen molar-refractivity contribution in [3.05, 3.63) is 253 Å². The van der Waals surface area contributed by atoms with Crippen LogP contribution in [-0.2, 0) is 5.41 Å². The van der Waals surface area contributed by atoms with Crippen LogP contribution in [0.25, 0.3) is 117 Å². The third-order valence-electron chi connectivity index (χ3n) is 14.7. The molecule has 1 aliphatic heterocycles. The molecule has 1 atom stereocenters. The highest BCUT2D eigenvalue weighted by Crippen LogP contribution is 2.61. The fourth-order valence-electron chi connectivity index (χ4n) is 11.8. The normalized spacial score (nSPS) is 14.4. The molecule has 13 aromatic rings. The van der Waals surface area contributed by atoms with E-state index in [1.165, 1.54) is 66.4 Å². The molecule has 0 radical (unpaired) electrons. The first-order chi connectivity index (χ1) is 34.2. The topological polar surface area (TPSA) is 56.7 Å². The van der Waals surface area contributed by atoms with E-state index in [2.05, 4.69) is 223 Å². The molecule has 1 unspecified atom stereocenters. The second-order valence-electron chi connectivity index (χ2n) is 18.2. The van der Waals surface area contributed by atoms with Crippen LogP contribution in [0.2, 0.25) is 0 Å². The first kappa shape index (κ1) is 38.0. The fraction of sp³-hybridized carbons (Fsp3) is 0.0156. The van der Waals surface area contributed by atoms with E-state index in [0.29, 0.717) is 17.5 Å². The zero-order chi connectivity index (χ0) is 45.2. The summed E-state index contributed by atoms with van der Waals surface area (Å²) >= 11 is 0. The third kappa shape index (κ3) is 5.32. The lowest BCUT2D eigenvalue weighted by atomic mass is 9.65. The zero-order valence-corrected chi connectivity index (χ0v) is 37.1. The van der Waals surface area contributed by atoms with Gasteiger partial charge in [0.1, 0.15) is 11.2 Å². The smallest absolute Gasteiger partial charge is 0.167 e. The van der Waals surface area contributed by atoms with Crippen molar-refractivity contribution >= 4 is 43.7 Å². The van der Waals surface area contributed by atoms with E-state index < -0.39 is 5.41 Å². The monoisotopic (exact) mass is 878 g/mol. The molecular weight excluding hydrogens is 841 g/mol. The minimum Gasteiger partial charge on any atom is -0.455 e. The second-order valence-corrected chi connectivity index (χ2v) is 18.2. The Morgan fingerprint density at radius 3 is 1.77 bits per heavy atom. The maximum absolute atomic E-state index is 6.65. The minimum absolute atomic E-state index is 0.546. The van der Waals surface area contributed by atoms with Crippen LogP contribution in [0.3, 0.4) is 0 Å². The van der Waals surface area contributed by atoms with Gasteiger partial charge in [-0.25, -0.2) is 15.0 Å². The van der Waals surface area contributed by atoms with Crippen LogP contribution in [0.1, 0.15) is 22.3 Å². The van der Waals surface area contributed by atoms with E-state index in [9.17, 15) is 0 Å². The number of aromatic nitrogens is 4. The molecule has 0 saturated heterocycles. The molecule has 69 heavy (non-hydrogen) atoms. The summed E-state index contributed by atoms with van der Waals surface area (Å²) in [6.07, 6.45) is 0. The van der Waals surface area contributed by atoms with Crippen LogP contribution in [0.15, 0.2) is 235 Å². The van der Waals surface area contributed by atoms with Crippen molar-refractivity contribution < 1.29 is 4.42 Å². The largest absolute Gasteiger partial charge is 0.455 e. The van der Waals surface area contributed by atoms with Gasteiger partial charge in [0.15, 0.2) is 17.5 Å². The highest BCUT2D eigenvalue weighted by Gasteiger charge is 2.51. The van der Waals surface area contributed by atoms with Gasteiger partial charge in [-0.05, 0) is 86.0 Å². The summed E-state index contributed by atoms with van der Waals surface area (Å²) in [6, 6.07) is 82.6. The van der Waals surface area contributed by atoms with E-state index >= 15 is 0 Å². The zero-order valence-electron chi connectivity index (χ0n) is 37.1. The summed E-state index contributed by atoms with van der Waals surface area (Å²) in [5.41, 5.74) is 19.1. The van der Waals surface area contributed by atoms with Gasteiger partial charge in [-0.15, -0.1) is 0 Å². The Balaban J connectivity index is 0.984. The predicted molar refractivity (Wildman–Crippen MR) is 279 cm³/mol. The molecular formula is C64H38N4O. The Hall–Kier alpha value is -9.19. The van der Waals surface area contributed by atoms with Crippen molar-refractivity contribution in [2.75, 3.05) is 0 Å². The van der Waals surface area contributed by atoms with Crippen molar-refractivity contribution in [1.29, 1.82) is 0 Å². The number of hydrogen-bond acceptors (Lipinski definition) is 4. The van der Waals surface area contributed by atoms with Gasteiger partial charge in [-0.2, -0.15) is 0 Å². The summed E-state index contributed by atoms with van der Waals surface area (Å²) in [7, 11) is 0. The number of rotatable bonds is 5. The molecule has 1 aliphatic carbocycles. The third-order valence-corrected chi connectivity index (χ3v) is 14.7. The van der Waals surface area contributed by atoms with Crippen LogP contribution >= 0.6 is 0 Å². The van der Waals surface area contributed by atoms with Crippen LogP contribution in [0.4, 0.5) is 0 Å². The number of hydrogen-bond donors (Lipinski definition) is 0. The maximum atomic E-state index is 6.65. The fourth-order valence-corrected chi connectivity index (χ4v) is 11.8. The van der Waals surface area contributed by atoms with E-state index in [0.717, 1.165) is 55.3 Å². The lowest BCUT2D eigenvalue weighted by Crippen LogP contribution is -2.33. The van der Waals surface area contributed by atoms with Crippen molar-refractivity contribution in [2.24, 2.45) is 0 Å². The van der Waals surface area contributed by atoms with Crippen LogP contribution in [0.5, 0.6) is 0 Å². The molecule has 2 aliphatic rings. The molecule has 0 N–H and O–H groups in total. The molecule has 15 rings (SSSR count). The van der Waals surface area contributed by atoms with Crippen molar-refractivity contribution in [2.45, 2.75) is 5.41 Å². The molecule has 0 bridgehead atoms. The van der Waals surface area contributed by atoms with Crippen molar-refractivity contribution in [1.82, 2.24) is 19.5 Å². The summed E-state index contributed by atoms with van der Waals surface area (Å²) in [6.45, 7) is 0. The highest BCUT2D eigenvalue weighted by atomic mass is 16.3. The van der Waals surface area contributed by atoms with Gasteiger partial charge < -0.3 is 8.98 Å². The van der Waals surface area contributed by atoms with E-state index in [1.54, 1.807) is 0 Å². The molecule has 320 valence electrons. The summed E-state index contributed by atoms with van der Waals surface area (Å²) in [5.74, 6) is 1.72. The molecule has 3 aromatic heterocycles. The van der Waals surface area contributed by atoms with E-state index in [-0.39, 0.29) is 0 Å². The summed E-state index contributed by atoms with van der Waals surface area (Å²) in [4.78, 5) is 16.3. The van der Waals surface area contributed by atoms with Gasteiger partial charge in [0.25, 0.3) is 0 Å². The molecule has 10 aromatic carbocycles. The Bertz CT molecular complexity index is 4260. The first-order valence-corrected chi connectivity index (χ1v) is 23.5. The molecule has 0 amide bonds. The number of para-hydroxylation sites is 5. The van der Waals surface area contributed by atoms with Gasteiger partial charge in [0, 0.05) is 32.7 Å². The maximum Gasteiger partial charge on any atom is 0.167 e. The quantitative estimate of drug-likeness (QED) is 0.173. The van der Waals surface area contributed by atoms with Crippen LogP contribution < -0.4 is 0 Å². The number of nitrogens with zero attached hydrogens (tertiary/aromatic N) is 4. The summed E-state index contributed by atoms with van der Waals surface area (Å²) < 4.78 is 9.14. The Morgan fingerprint density at radius 2 is 0.899 bits per heavy atom. The van der Waals surface area contributed by atoms with Crippen LogP contribution in [0, 0.1) is 0 Å². The number of benzene rings is 10. The van der Waals surface area contributed by atoms with Gasteiger partial charge in [0.05, 0.1) is 27.7 Å². The Labute approximate surface area is 397 Å². The van der Waals surface area contributed by atoms with E-state index in [4.69, 9.17) is 19.4 Å². The van der Waals surface area contributed by atoms with Gasteiger partial charge in [-0.1, -0.05) is 200 Å². The van der Waals surface area contributed by atoms with Crippen molar-refractivity contribution in [3.63, 3.8) is 0 Å². The first-order valence-electron chi connectivity index (χ1n) is 23.5. The minimum atomic E-state index is -0.626. The Kier molecular flexibility index (Phi) is 7.93. The molecule has 1 spiro atoms. The van der Waals surface area contributed by atoms with Gasteiger partial charge >= 0.3 is 0 Å². The lowest BCUT2D eigenvalue weighted by molar-refractivity contribution is 0.669. The predicted octanol–water partition coefficient (Wildman–Crippen LogP) is 15.9. The Morgan fingerprint density at radius 1 is 0.333 bits per heavy atom. The molecule has 0 fully saturated rings. The van der Waals surface area contributed by atoms with Crippen LogP contribution in [-0.4, -0.2) is 19.5 Å². The average Bonchev–Trinajstić information content (AvgIpc) is 4.07. The summed E-state index contributed by atoms with van der Waals surface area (Å²) in [5, 5.41) is 4.57. The SMILES string of the molecule is c1ccc(-c2ccc(-c3ccccc3-c3nc(-c4ccc5c(c4)C4(c6ccccc6-5)c5ccccc5-n5c6ccccc6c6cccc4c65)nc(-c4cccc5c4oc4ccccc45)n3)cc2)cc1. The van der Waals surface area contributed by atoms with Crippen molar-refractivity contribution in [3.8, 4) is 73.2 Å². The average molecular weight is 879 g/mol. The van der Waals surface area contributed by atoms with Gasteiger partial charge in [-0.3, -0.25) is 0 Å². The molecule has 5 heteroatoms. The molecule has 0 saturated carbocycles. The number of fused-ring (bicyclic) bond motifs is 15. The molecule has 4 heterocycles.